The van der Waals surface area contributed by atoms with Gasteiger partial charge in [-0.15, -0.1) is 0 Å². The molecule has 1 aliphatic heterocycles. The number of hydrogen-bond acceptors (Lipinski definition) is 3. The molecule has 1 amide bonds. The summed E-state index contributed by atoms with van der Waals surface area (Å²) in [6.07, 6.45) is 4.85. The number of amides is 1. The normalized spacial score (nSPS) is 35.1. The molecule has 1 spiro atoms. The zero-order valence-electron chi connectivity index (χ0n) is 10.6. The Morgan fingerprint density at radius 2 is 2.35 bits per heavy atom. The van der Waals surface area contributed by atoms with Crippen molar-refractivity contribution in [2.45, 2.75) is 50.7 Å². The first-order chi connectivity index (χ1) is 8.23. The van der Waals surface area contributed by atoms with Crippen LogP contribution in [0.3, 0.4) is 0 Å². The van der Waals surface area contributed by atoms with Crippen molar-refractivity contribution in [1.29, 1.82) is 0 Å². The number of carbonyl (C=O) groups excluding carboxylic acids is 1. The second-order valence-electron chi connectivity index (χ2n) is 4.75. The van der Waals surface area contributed by atoms with Crippen LogP contribution in [0.2, 0.25) is 0 Å². The van der Waals surface area contributed by atoms with Crippen molar-refractivity contribution in [2.24, 2.45) is 4.99 Å². The Morgan fingerprint density at radius 3 is 3.06 bits per heavy atom. The number of methoxy groups -OCH3 is 1. The first kappa shape index (κ1) is 12.4. The average molecular weight is 239 g/mol. The maximum atomic E-state index is 12.2. The van der Waals surface area contributed by atoms with E-state index in [1.807, 2.05) is 0 Å². The first-order valence-electron chi connectivity index (χ1n) is 6.40. The summed E-state index contributed by atoms with van der Waals surface area (Å²) >= 11 is 0. The maximum absolute atomic E-state index is 12.2. The van der Waals surface area contributed by atoms with Crippen LogP contribution in [-0.4, -0.2) is 37.2 Å². The van der Waals surface area contributed by atoms with E-state index in [-0.39, 0.29) is 12.0 Å². The minimum Gasteiger partial charge on any atom is -0.378 e. The average Bonchev–Trinajstić information content (AvgIpc) is 2.65. The molecule has 5 nitrogen and oxygen atoms in total. The van der Waals surface area contributed by atoms with E-state index in [2.05, 4.69) is 22.5 Å². The van der Waals surface area contributed by atoms with Crippen molar-refractivity contribution in [3.8, 4) is 0 Å². The van der Waals surface area contributed by atoms with Gasteiger partial charge < -0.3 is 10.1 Å². The largest absolute Gasteiger partial charge is 0.378 e. The molecule has 96 valence electrons. The number of hydrogen-bond donors (Lipinski definition) is 2. The lowest BCUT2D eigenvalue weighted by Gasteiger charge is -2.37. The quantitative estimate of drug-likeness (QED) is 0.765. The Morgan fingerprint density at radius 1 is 1.53 bits per heavy atom. The molecule has 0 bridgehead atoms. The second-order valence-corrected chi connectivity index (χ2v) is 4.75. The summed E-state index contributed by atoms with van der Waals surface area (Å²) in [7, 11) is 1.67. The summed E-state index contributed by atoms with van der Waals surface area (Å²) in [5.41, 5.74) is -0.584. The lowest BCUT2D eigenvalue weighted by molar-refractivity contribution is -0.131. The zero-order chi connectivity index (χ0) is 12.3. The van der Waals surface area contributed by atoms with E-state index in [0.29, 0.717) is 5.96 Å². The maximum Gasteiger partial charge on any atom is 0.255 e. The van der Waals surface area contributed by atoms with E-state index in [1.54, 1.807) is 7.11 Å². The summed E-state index contributed by atoms with van der Waals surface area (Å²) in [6, 6.07) is 0. The number of nitrogens with one attached hydrogen (secondary N) is 2. The lowest BCUT2D eigenvalue weighted by atomic mass is 9.79. The Labute approximate surface area is 102 Å². The molecule has 0 aromatic carbocycles. The van der Waals surface area contributed by atoms with Gasteiger partial charge in [0.05, 0.1) is 6.10 Å². The van der Waals surface area contributed by atoms with Gasteiger partial charge in [-0.25, -0.2) is 0 Å². The number of carbonyl (C=O) groups is 1. The van der Waals surface area contributed by atoms with E-state index in [1.165, 1.54) is 0 Å². The molecule has 1 saturated heterocycles. The second kappa shape index (κ2) is 5.04. The molecule has 17 heavy (non-hydrogen) atoms. The monoisotopic (exact) mass is 239 g/mol. The number of rotatable bonds is 3. The van der Waals surface area contributed by atoms with Gasteiger partial charge in [0.2, 0.25) is 0 Å². The van der Waals surface area contributed by atoms with Crippen molar-refractivity contribution in [3.63, 3.8) is 0 Å². The predicted octanol–water partition coefficient (Wildman–Crippen LogP) is 0.800. The number of ether oxygens (including phenoxy) is 1. The molecule has 1 saturated carbocycles. The van der Waals surface area contributed by atoms with Gasteiger partial charge in [0, 0.05) is 13.7 Å². The fourth-order valence-corrected chi connectivity index (χ4v) is 2.68. The van der Waals surface area contributed by atoms with Gasteiger partial charge in [-0.1, -0.05) is 19.8 Å². The zero-order valence-corrected chi connectivity index (χ0v) is 10.6. The molecule has 2 fully saturated rings. The summed E-state index contributed by atoms with van der Waals surface area (Å²) in [6.45, 7) is 2.80. The molecule has 2 aliphatic rings. The van der Waals surface area contributed by atoms with E-state index in [4.69, 9.17) is 4.74 Å². The molecule has 0 aromatic heterocycles. The highest BCUT2D eigenvalue weighted by molar-refractivity contribution is 6.09. The van der Waals surface area contributed by atoms with Crippen LogP contribution in [0.15, 0.2) is 4.99 Å². The number of aliphatic imine (C=N–C) groups is 1. The molecule has 5 heteroatoms. The van der Waals surface area contributed by atoms with Crippen LogP contribution in [0.4, 0.5) is 0 Å². The lowest BCUT2D eigenvalue weighted by Crippen LogP contribution is -2.58. The third kappa shape index (κ3) is 2.16. The molecule has 2 rings (SSSR count). The van der Waals surface area contributed by atoms with Crippen molar-refractivity contribution >= 4 is 11.9 Å². The minimum atomic E-state index is -0.584. The van der Waals surface area contributed by atoms with Gasteiger partial charge in [-0.3, -0.25) is 15.1 Å². The van der Waals surface area contributed by atoms with E-state index < -0.39 is 5.54 Å². The third-order valence-corrected chi connectivity index (χ3v) is 3.59. The Kier molecular flexibility index (Phi) is 3.66. The van der Waals surface area contributed by atoms with Gasteiger partial charge in [0.15, 0.2) is 5.96 Å². The van der Waals surface area contributed by atoms with Crippen LogP contribution in [-0.2, 0) is 9.53 Å². The van der Waals surface area contributed by atoms with Crippen LogP contribution in [0.25, 0.3) is 0 Å². The van der Waals surface area contributed by atoms with Crippen molar-refractivity contribution in [3.05, 3.63) is 0 Å². The highest BCUT2D eigenvalue weighted by Gasteiger charge is 2.52. The first-order valence-corrected chi connectivity index (χ1v) is 6.40. The summed E-state index contributed by atoms with van der Waals surface area (Å²) in [4.78, 5) is 16.5. The third-order valence-electron chi connectivity index (χ3n) is 3.59. The number of guanidine groups is 1. The van der Waals surface area contributed by atoms with Gasteiger partial charge >= 0.3 is 0 Å². The topological polar surface area (TPSA) is 62.7 Å². The smallest absolute Gasteiger partial charge is 0.255 e. The predicted molar refractivity (Wildman–Crippen MR) is 65.9 cm³/mol. The summed E-state index contributed by atoms with van der Waals surface area (Å²) in [5, 5.41) is 6.09. The SMILES string of the molecule is CCCN=C1NC(=O)C2(CCCCC2OC)N1. The van der Waals surface area contributed by atoms with E-state index in [9.17, 15) is 4.79 Å². The highest BCUT2D eigenvalue weighted by Crippen LogP contribution is 2.32. The molecule has 0 radical (unpaired) electrons. The molecule has 2 atom stereocenters. The van der Waals surface area contributed by atoms with E-state index in [0.717, 1.165) is 38.6 Å². The van der Waals surface area contributed by atoms with Gasteiger partial charge in [-0.05, 0) is 19.3 Å². The molecule has 1 aliphatic carbocycles. The van der Waals surface area contributed by atoms with Crippen LogP contribution >= 0.6 is 0 Å². The molecular formula is C12H21N3O2. The molecule has 2 unspecified atom stereocenters. The Bertz CT molecular complexity index is 330. The fraction of sp³-hybridized carbons (Fsp3) is 0.833. The summed E-state index contributed by atoms with van der Waals surface area (Å²) in [5.74, 6) is 0.625. The van der Waals surface area contributed by atoms with Crippen molar-refractivity contribution in [1.82, 2.24) is 10.6 Å². The number of nitrogens with zero attached hydrogens (tertiary/aromatic N) is 1. The van der Waals surface area contributed by atoms with Crippen LogP contribution < -0.4 is 10.6 Å². The van der Waals surface area contributed by atoms with Crippen LogP contribution in [0.5, 0.6) is 0 Å². The van der Waals surface area contributed by atoms with Crippen molar-refractivity contribution < 1.29 is 9.53 Å². The van der Waals surface area contributed by atoms with Crippen LogP contribution in [0, 0.1) is 0 Å². The molecule has 1 heterocycles. The minimum absolute atomic E-state index is 0.0129. The fourth-order valence-electron chi connectivity index (χ4n) is 2.68. The molecular weight excluding hydrogens is 218 g/mol. The van der Waals surface area contributed by atoms with Gasteiger partial charge in [-0.2, -0.15) is 0 Å². The Balaban J connectivity index is 2.16. The van der Waals surface area contributed by atoms with Crippen molar-refractivity contribution in [2.75, 3.05) is 13.7 Å². The van der Waals surface area contributed by atoms with Crippen LogP contribution in [0.1, 0.15) is 39.0 Å². The van der Waals surface area contributed by atoms with E-state index >= 15 is 0 Å². The molecule has 2 N–H and O–H groups in total. The summed E-state index contributed by atoms with van der Waals surface area (Å²) < 4.78 is 5.47. The van der Waals surface area contributed by atoms with Gasteiger partial charge in [0.1, 0.15) is 5.54 Å². The van der Waals surface area contributed by atoms with Gasteiger partial charge in [0.25, 0.3) is 5.91 Å². The standard InChI is InChI=1S/C12H21N3O2/c1-3-8-13-11-14-10(16)12(15-11)7-5-4-6-9(12)17-2/h9H,3-8H2,1-2H3,(H2,13,14,15,16). The molecule has 0 aromatic rings. The Hall–Kier alpha value is -1.10. The highest BCUT2D eigenvalue weighted by atomic mass is 16.5.